The second kappa shape index (κ2) is 10.6. The fourth-order valence-corrected chi connectivity index (χ4v) is 5.38. The maximum Gasteiger partial charge on any atom is 0.235 e. The summed E-state index contributed by atoms with van der Waals surface area (Å²) in [6, 6.07) is 10.00. The molecule has 1 fully saturated rings. The molecule has 0 aliphatic carbocycles. The average Bonchev–Trinajstić information content (AvgIpc) is 3.34. The molecule has 1 amide bonds. The molecule has 0 spiro atoms. The topological polar surface area (TPSA) is 116 Å². The second-order valence-electron chi connectivity index (χ2n) is 8.81. The standard InChI is InChI=1S/C25H27N7O2S/c1-34-23-5-3-20-24(31-23)19(17(10-26)12-28-20)7-9-32-8-6-16(14-32)11-27-13-18-2-4-21-25(29-18)30-22(33)15-35-21/h2-5,12,16,27H,6-9,11,13-15H2,1H3,(H,29,30,33)/t16-/m0/s1. The van der Waals surface area contributed by atoms with Crippen LogP contribution in [0.2, 0.25) is 0 Å². The second-order valence-corrected chi connectivity index (χ2v) is 9.82. The lowest BCUT2D eigenvalue weighted by Crippen LogP contribution is -2.28. The zero-order valence-electron chi connectivity index (χ0n) is 19.6. The SMILES string of the molecule is COc1ccc2ncc(C#N)c(CCN3CC[C@@H](CNCc4ccc5c(n4)NC(=O)CS5)C3)c2n1. The molecule has 10 heteroatoms. The number of nitriles is 1. The fourth-order valence-electron chi connectivity index (χ4n) is 4.62. The van der Waals surface area contributed by atoms with Crippen molar-refractivity contribution < 1.29 is 9.53 Å². The Kier molecular flexibility index (Phi) is 7.08. The number of amides is 1. The summed E-state index contributed by atoms with van der Waals surface area (Å²) in [5.74, 6) is 2.21. The smallest absolute Gasteiger partial charge is 0.235 e. The van der Waals surface area contributed by atoms with Gasteiger partial charge in [-0.1, -0.05) is 0 Å². The van der Waals surface area contributed by atoms with Gasteiger partial charge in [0.05, 0.1) is 40.0 Å². The zero-order valence-corrected chi connectivity index (χ0v) is 20.4. The highest BCUT2D eigenvalue weighted by Gasteiger charge is 2.23. The van der Waals surface area contributed by atoms with Crippen LogP contribution in [-0.2, 0) is 17.8 Å². The molecule has 2 aliphatic heterocycles. The quantitative estimate of drug-likeness (QED) is 0.492. The van der Waals surface area contributed by atoms with E-state index in [4.69, 9.17) is 4.74 Å². The number of methoxy groups -OCH3 is 1. The van der Waals surface area contributed by atoms with Gasteiger partial charge in [-0.2, -0.15) is 5.26 Å². The Morgan fingerprint density at radius 1 is 1.31 bits per heavy atom. The van der Waals surface area contributed by atoms with Crippen molar-refractivity contribution in [1.82, 2.24) is 25.2 Å². The van der Waals surface area contributed by atoms with Gasteiger partial charge in [-0.15, -0.1) is 11.8 Å². The summed E-state index contributed by atoms with van der Waals surface area (Å²) in [5, 5.41) is 16.0. The summed E-state index contributed by atoms with van der Waals surface area (Å²) in [7, 11) is 1.59. The molecule has 9 nitrogen and oxygen atoms in total. The molecule has 0 aromatic carbocycles. The van der Waals surface area contributed by atoms with Crippen molar-refractivity contribution in [3.05, 3.63) is 47.3 Å². The Balaban J connectivity index is 1.14. The molecule has 3 aromatic rings. The van der Waals surface area contributed by atoms with Crippen molar-refractivity contribution >= 4 is 34.5 Å². The minimum Gasteiger partial charge on any atom is -0.481 e. The summed E-state index contributed by atoms with van der Waals surface area (Å²) < 4.78 is 5.28. The highest BCUT2D eigenvalue weighted by molar-refractivity contribution is 8.00. The molecule has 3 aromatic heterocycles. The van der Waals surface area contributed by atoms with E-state index >= 15 is 0 Å². The molecular weight excluding hydrogens is 462 g/mol. The number of anilines is 1. The Labute approximate surface area is 208 Å². The predicted molar refractivity (Wildman–Crippen MR) is 134 cm³/mol. The van der Waals surface area contributed by atoms with E-state index in [1.807, 2.05) is 18.2 Å². The van der Waals surface area contributed by atoms with Crippen LogP contribution in [0.25, 0.3) is 11.0 Å². The van der Waals surface area contributed by atoms with Crippen molar-refractivity contribution in [2.24, 2.45) is 5.92 Å². The van der Waals surface area contributed by atoms with E-state index in [1.165, 1.54) is 11.8 Å². The third-order valence-electron chi connectivity index (χ3n) is 6.44. The number of pyridine rings is 3. The number of hydrogen-bond donors (Lipinski definition) is 2. The Hall–Kier alpha value is -3.26. The summed E-state index contributed by atoms with van der Waals surface area (Å²) in [4.78, 5) is 28.6. The molecular formula is C25H27N7O2S. The number of carbonyl (C=O) groups is 1. The average molecular weight is 490 g/mol. The molecule has 35 heavy (non-hydrogen) atoms. The van der Waals surface area contributed by atoms with Gasteiger partial charge in [-0.05, 0) is 50.0 Å². The number of nitrogens with one attached hydrogen (secondary N) is 2. The van der Waals surface area contributed by atoms with Crippen molar-refractivity contribution in [1.29, 1.82) is 5.26 Å². The zero-order chi connectivity index (χ0) is 24.2. The van der Waals surface area contributed by atoms with Crippen LogP contribution in [0, 0.1) is 17.2 Å². The number of likely N-dealkylation sites (tertiary alicyclic amines) is 1. The van der Waals surface area contributed by atoms with Crippen LogP contribution in [0.4, 0.5) is 5.82 Å². The monoisotopic (exact) mass is 489 g/mol. The maximum absolute atomic E-state index is 11.6. The number of rotatable bonds is 8. The van der Waals surface area contributed by atoms with E-state index in [-0.39, 0.29) is 5.91 Å². The number of thioether (sulfide) groups is 1. The highest BCUT2D eigenvalue weighted by Crippen LogP contribution is 2.29. The van der Waals surface area contributed by atoms with Gasteiger partial charge in [0.25, 0.3) is 0 Å². The highest BCUT2D eigenvalue weighted by atomic mass is 32.2. The van der Waals surface area contributed by atoms with Gasteiger partial charge in [0.1, 0.15) is 11.9 Å². The first kappa shape index (κ1) is 23.5. The van der Waals surface area contributed by atoms with E-state index in [0.717, 1.165) is 66.2 Å². The van der Waals surface area contributed by atoms with E-state index < -0.39 is 0 Å². The Bertz CT molecular complexity index is 1290. The van der Waals surface area contributed by atoms with Crippen molar-refractivity contribution in [2.75, 3.05) is 44.4 Å². The minimum atomic E-state index is 0.00253. The van der Waals surface area contributed by atoms with E-state index in [2.05, 4.69) is 36.6 Å². The van der Waals surface area contributed by atoms with Crippen LogP contribution >= 0.6 is 11.8 Å². The minimum absolute atomic E-state index is 0.00253. The first-order valence-corrected chi connectivity index (χ1v) is 12.7. The van der Waals surface area contributed by atoms with Crippen molar-refractivity contribution in [3.63, 3.8) is 0 Å². The normalized spacial score (nSPS) is 17.7. The van der Waals surface area contributed by atoms with Gasteiger partial charge in [0.2, 0.25) is 11.8 Å². The number of hydrogen-bond acceptors (Lipinski definition) is 9. The first-order chi connectivity index (χ1) is 17.1. The van der Waals surface area contributed by atoms with Crippen molar-refractivity contribution in [3.8, 4) is 11.9 Å². The lowest BCUT2D eigenvalue weighted by molar-refractivity contribution is -0.113. The van der Waals surface area contributed by atoms with Crippen LogP contribution in [0.15, 0.2) is 35.4 Å². The van der Waals surface area contributed by atoms with Gasteiger partial charge in [-0.25, -0.2) is 9.97 Å². The van der Waals surface area contributed by atoms with Gasteiger partial charge in [-0.3, -0.25) is 9.78 Å². The number of aromatic nitrogens is 3. The molecule has 0 unspecified atom stereocenters. The fraction of sp³-hybridized carbons (Fsp3) is 0.400. The predicted octanol–water partition coefficient (Wildman–Crippen LogP) is 2.60. The van der Waals surface area contributed by atoms with Crippen molar-refractivity contribution in [2.45, 2.75) is 24.3 Å². The molecule has 5 rings (SSSR count). The molecule has 2 N–H and O–H groups in total. The Morgan fingerprint density at radius 3 is 3.09 bits per heavy atom. The lowest BCUT2D eigenvalue weighted by atomic mass is 10.0. The van der Waals surface area contributed by atoms with E-state index in [9.17, 15) is 10.1 Å². The first-order valence-electron chi connectivity index (χ1n) is 11.7. The molecule has 2 aliphatic rings. The Morgan fingerprint density at radius 2 is 2.23 bits per heavy atom. The summed E-state index contributed by atoms with van der Waals surface area (Å²) in [6.45, 7) is 4.50. The molecule has 0 bridgehead atoms. The van der Waals surface area contributed by atoms with Crippen LogP contribution < -0.4 is 15.4 Å². The molecule has 1 atom stereocenters. The lowest BCUT2D eigenvalue weighted by Gasteiger charge is -2.18. The summed E-state index contributed by atoms with van der Waals surface area (Å²) >= 11 is 1.53. The molecule has 0 saturated carbocycles. The number of carbonyl (C=O) groups excluding carboxylic acids is 1. The number of nitrogens with zero attached hydrogens (tertiary/aromatic N) is 5. The third kappa shape index (κ3) is 5.37. The van der Waals surface area contributed by atoms with E-state index in [0.29, 0.717) is 35.5 Å². The van der Waals surface area contributed by atoms with Crippen LogP contribution in [0.5, 0.6) is 5.88 Å². The van der Waals surface area contributed by atoms with Crippen LogP contribution in [-0.4, -0.2) is 64.8 Å². The molecule has 0 radical (unpaired) electrons. The molecule has 1 saturated heterocycles. The summed E-state index contributed by atoms with van der Waals surface area (Å²) in [6.07, 6.45) is 3.51. The van der Waals surface area contributed by atoms with Gasteiger partial charge in [0.15, 0.2) is 0 Å². The molecule has 180 valence electrons. The van der Waals surface area contributed by atoms with E-state index in [1.54, 1.807) is 19.4 Å². The third-order valence-corrected chi connectivity index (χ3v) is 7.49. The van der Waals surface area contributed by atoms with Gasteiger partial charge >= 0.3 is 0 Å². The number of ether oxygens (including phenoxy) is 1. The van der Waals surface area contributed by atoms with Crippen LogP contribution in [0.1, 0.15) is 23.2 Å². The van der Waals surface area contributed by atoms with Gasteiger partial charge in [0, 0.05) is 37.5 Å². The number of fused-ring (bicyclic) bond motifs is 2. The molecule has 5 heterocycles. The maximum atomic E-state index is 11.6. The van der Waals surface area contributed by atoms with Gasteiger partial charge < -0.3 is 20.3 Å². The largest absolute Gasteiger partial charge is 0.481 e. The summed E-state index contributed by atoms with van der Waals surface area (Å²) in [5.41, 5.74) is 3.95. The van der Waals surface area contributed by atoms with Crippen LogP contribution in [0.3, 0.4) is 0 Å².